The van der Waals surface area contributed by atoms with Crippen LogP contribution >= 0.6 is 27.5 Å². The van der Waals surface area contributed by atoms with E-state index in [4.69, 9.17) is 16.3 Å². The summed E-state index contributed by atoms with van der Waals surface area (Å²) in [4.78, 5) is 13.0. The second-order valence-electron chi connectivity index (χ2n) is 6.98. The van der Waals surface area contributed by atoms with Gasteiger partial charge in [-0.3, -0.25) is 0 Å². The molecule has 3 aromatic carbocycles. The summed E-state index contributed by atoms with van der Waals surface area (Å²) < 4.78 is 7.67. The molecule has 4 rings (SSSR count). The van der Waals surface area contributed by atoms with E-state index >= 15 is 0 Å². The van der Waals surface area contributed by atoms with E-state index < -0.39 is 5.97 Å². The smallest absolute Gasteiger partial charge is 0.340 e. The predicted molar refractivity (Wildman–Crippen MR) is 129 cm³/mol. The summed E-state index contributed by atoms with van der Waals surface area (Å²) in [5, 5.41) is 20.5. The fraction of sp³-hybridized carbons (Fsp3) is 0.125. The summed E-state index contributed by atoms with van der Waals surface area (Å²) in [6.07, 6.45) is 0. The molecule has 0 fully saturated rings. The van der Waals surface area contributed by atoms with Gasteiger partial charge in [0.25, 0.3) is 0 Å². The van der Waals surface area contributed by atoms with Crippen LogP contribution in [0.5, 0.6) is 5.75 Å². The Morgan fingerprint density at radius 2 is 1.81 bits per heavy atom. The highest BCUT2D eigenvalue weighted by Gasteiger charge is 2.27. The third kappa shape index (κ3) is 4.01. The van der Waals surface area contributed by atoms with Crippen LogP contribution in [-0.4, -0.2) is 22.2 Å². The van der Waals surface area contributed by atoms with E-state index in [0.29, 0.717) is 37.3 Å². The van der Waals surface area contributed by atoms with Crippen LogP contribution in [0.2, 0.25) is 5.02 Å². The van der Waals surface area contributed by atoms with Gasteiger partial charge in [0, 0.05) is 21.8 Å². The van der Waals surface area contributed by atoms with E-state index in [2.05, 4.69) is 26.2 Å². The molecule has 1 aromatic heterocycles. The number of ether oxygens (including phenoxy) is 1. The molecule has 0 unspecified atom stereocenters. The minimum atomic E-state index is -0.499. The summed E-state index contributed by atoms with van der Waals surface area (Å²) >= 11 is 9.48. The van der Waals surface area contributed by atoms with Gasteiger partial charge in [0.05, 0.1) is 27.8 Å². The number of carbonyl (C=O) groups is 1. The van der Waals surface area contributed by atoms with Crippen LogP contribution in [0.3, 0.4) is 0 Å². The number of halogens is 2. The maximum absolute atomic E-state index is 13.0. The van der Waals surface area contributed by atoms with Crippen molar-refractivity contribution in [2.75, 3.05) is 6.61 Å². The lowest BCUT2D eigenvalue weighted by Crippen LogP contribution is -2.07. The second kappa shape index (κ2) is 9.14. The van der Waals surface area contributed by atoms with E-state index in [9.17, 15) is 9.90 Å². The number of aromatic hydroxyl groups is 1. The first-order valence-corrected chi connectivity index (χ1v) is 11.1. The Morgan fingerprint density at radius 1 is 1.12 bits per heavy atom. The zero-order valence-electron chi connectivity index (χ0n) is 17.3. The molecule has 0 aliphatic rings. The van der Waals surface area contributed by atoms with Gasteiger partial charge >= 0.3 is 5.97 Å². The Balaban J connectivity index is 2.06. The Morgan fingerprint density at radius 3 is 2.47 bits per heavy atom. The van der Waals surface area contributed by atoms with Crippen molar-refractivity contribution < 1.29 is 14.6 Å². The molecule has 0 aliphatic carbocycles. The first-order valence-electron chi connectivity index (χ1n) is 9.88. The maximum Gasteiger partial charge on any atom is 0.340 e. The van der Waals surface area contributed by atoms with Crippen molar-refractivity contribution in [1.29, 1.82) is 0 Å². The van der Waals surface area contributed by atoms with Crippen molar-refractivity contribution in [1.82, 2.24) is 4.57 Å². The van der Waals surface area contributed by atoms with Crippen LogP contribution in [0.25, 0.3) is 16.6 Å². The third-order valence-corrected chi connectivity index (χ3v) is 5.84. The molecule has 0 radical (unpaired) electrons. The average molecular weight is 513 g/mol. The van der Waals surface area contributed by atoms with Crippen LogP contribution in [0.4, 0.5) is 11.4 Å². The zero-order chi connectivity index (χ0) is 22.8. The van der Waals surface area contributed by atoms with Gasteiger partial charge in [-0.2, -0.15) is 5.11 Å². The SMILES string of the molecule is CCOC(=O)c1c(C)n(-c2ccc(Cl)cc2)c2cc(Br)c(O)c(N=Nc3ccccc3)c12. The van der Waals surface area contributed by atoms with Crippen molar-refractivity contribution in [3.8, 4) is 11.4 Å². The molecule has 1 heterocycles. The molecular weight excluding hydrogens is 494 g/mol. The second-order valence-corrected chi connectivity index (χ2v) is 8.27. The van der Waals surface area contributed by atoms with E-state index in [1.165, 1.54) is 0 Å². The lowest BCUT2D eigenvalue weighted by atomic mass is 10.1. The van der Waals surface area contributed by atoms with Crippen molar-refractivity contribution in [2.24, 2.45) is 10.2 Å². The number of fused-ring (bicyclic) bond motifs is 1. The van der Waals surface area contributed by atoms with Crippen LogP contribution in [0.1, 0.15) is 23.0 Å². The molecule has 0 aliphatic heterocycles. The summed E-state index contributed by atoms with van der Waals surface area (Å²) in [5.74, 6) is -0.614. The van der Waals surface area contributed by atoms with Crippen molar-refractivity contribution in [2.45, 2.75) is 13.8 Å². The molecule has 32 heavy (non-hydrogen) atoms. The molecule has 0 spiro atoms. The van der Waals surface area contributed by atoms with Gasteiger partial charge in [-0.15, -0.1) is 5.11 Å². The zero-order valence-corrected chi connectivity index (χ0v) is 19.7. The van der Waals surface area contributed by atoms with Gasteiger partial charge < -0.3 is 14.4 Å². The van der Waals surface area contributed by atoms with Gasteiger partial charge in [-0.1, -0.05) is 29.8 Å². The molecule has 0 saturated carbocycles. The third-order valence-electron chi connectivity index (χ3n) is 4.98. The number of azo groups is 1. The van der Waals surface area contributed by atoms with E-state index in [1.807, 2.05) is 41.8 Å². The molecule has 162 valence electrons. The van der Waals surface area contributed by atoms with Crippen molar-refractivity contribution in [3.63, 3.8) is 0 Å². The lowest BCUT2D eigenvalue weighted by molar-refractivity contribution is 0.0527. The molecule has 1 N–H and O–H groups in total. The predicted octanol–water partition coefficient (Wildman–Crippen LogP) is 7.65. The molecule has 8 heteroatoms. The number of rotatable bonds is 5. The quantitative estimate of drug-likeness (QED) is 0.220. The summed E-state index contributed by atoms with van der Waals surface area (Å²) in [6, 6.07) is 18.2. The number of phenolic OH excluding ortho intramolecular Hbond substituents is 1. The average Bonchev–Trinajstić information content (AvgIpc) is 3.07. The number of phenols is 1. The van der Waals surface area contributed by atoms with E-state index in [-0.39, 0.29) is 18.0 Å². The molecule has 0 bridgehead atoms. The largest absolute Gasteiger partial charge is 0.504 e. The summed E-state index contributed by atoms with van der Waals surface area (Å²) in [7, 11) is 0. The Bertz CT molecular complexity index is 1330. The monoisotopic (exact) mass is 511 g/mol. The van der Waals surface area contributed by atoms with Gasteiger partial charge in [0.2, 0.25) is 0 Å². The highest BCUT2D eigenvalue weighted by atomic mass is 79.9. The van der Waals surface area contributed by atoms with Gasteiger partial charge in [0.15, 0.2) is 5.75 Å². The fourth-order valence-corrected chi connectivity index (χ4v) is 4.12. The van der Waals surface area contributed by atoms with Gasteiger partial charge in [-0.05, 0) is 72.2 Å². The lowest BCUT2D eigenvalue weighted by Gasteiger charge is -2.10. The summed E-state index contributed by atoms with van der Waals surface area (Å²) in [6.45, 7) is 3.79. The molecule has 0 saturated heterocycles. The highest BCUT2D eigenvalue weighted by Crippen LogP contribution is 2.46. The molecular formula is C24H19BrClN3O3. The number of hydrogen-bond donors (Lipinski definition) is 1. The number of nitrogens with zero attached hydrogens (tertiary/aromatic N) is 3. The first-order chi connectivity index (χ1) is 15.4. The van der Waals surface area contributed by atoms with Crippen LogP contribution in [0, 0.1) is 6.92 Å². The number of esters is 1. The number of hydrogen-bond acceptors (Lipinski definition) is 5. The number of aromatic nitrogens is 1. The Kier molecular flexibility index (Phi) is 6.30. The van der Waals surface area contributed by atoms with E-state index in [0.717, 1.165) is 5.69 Å². The molecule has 4 aromatic rings. The number of carbonyl (C=O) groups excluding carboxylic acids is 1. The molecule has 0 amide bonds. The minimum absolute atomic E-state index is 0.115. The normalized spacial score (nSPS) is 11.4. The first kappa shape index (κ1) is 22.0. The molecule has 6 nitrogen and oxygen atoms in total. The highest BCUT2D eigenvalue weighted by molar-refractivity contribution is 9.10. The van der Waals surface area contributed by atoms with E-state index in [1.54, 1.807) is 37.3 Å². The van der Waals surface area contributed by atoms with Gasteiger partial charge in [0.1, 0.15) is 5.69 Å². The minimum Gasteiger partial charge on any atom is -0.504 e. The maximum atomic E-state index is 13.0. The Labute approximate surface area is 198 Å². The Hall–Kier alpha value is -3.16. The standard InChI is InChI=1S/C24H19BrClN3O3/c1-3-32-24(31)20-14(2)29(17-11-9-15(26)10-12-17)19-13-18(25)23(30)22(21(19)20)28-27-16-7-5-4-6-8-16/h4-13,30H,3H2,1-2H3. The van der Waals surface area contributed by atoms with Crippen LogP contribution in [0.15, 0.2) is 75.4 Å². The molecule has 0 atom stereocenters. The van der Waals surface area contributed by atoms with Crippen molar-refractivity contribution in [3.05, 3.63) is 81.4 Å². The van der Waals surface area contributed by atoms with Crippen LogP contribution in [-0.2, 0) is 4.74 Å². The summed E-state index contributed by atoms with van der Waals surface area (Å²) in [5.41, 5.74) is 3.23. The van der Waals surface area contributed by atoms with Gasteiger partial charge in [-0.25, -0.2) is 4.79 Å². The van der Waals surface area contributed by atoms with Crippen LogP contribution < -0.4 is 0 Å². The van der Waals surface area contributed by atoms with Crippen molar-refractivity contribution >= 4 is 55.8 Å². The number of benzene rings is 3. The fourth-order valence-electron chi connectivity index (χ4n) is 3.59. The topological polar surface area (TPSA) is 76.2 Å².